The Labute approximate surface area is 91.4 Å². The van der Waals surface area contributed by atoms with Crippen LogP contribution in [0.1, 0.15) is 5.56 Å². The van der Waals surface area contributed by atoms with Gasteiger partial charge in [0.05, 0.1) is 18.1 Å². The number of nitrogens with zero attached hydrogens (tertiary/aromatic N) is 2. The van der Waals surface area contributed by atoms with Gasteiger partial charge in [0.1, 0.15) is 0 Å². The van der Waals surface area contributed by atoms with Crippen LogP contribution in [0.15, 0.2) is 18.3 Å². The molecule has 0 aliphatic rings. The van der Waals surface area contributed by atoms with Crippen molar-refractivity contribution >= 4 is 11.0 Å². The molecule has 0 atom stereocenters. The van der Waals surface area contributed by atoms with Crippen LogP contribution in [-0.2, 0) is 6.42 Å². The van der Waals surface area contributed by atoms with Gasteiger partial charge in [0.2, 0.25) is 12.4 Å². The number of aromatic amines is 1. The Hall–Kier alpha value is -2.11. The molecule has 0 aromatic carbocycles. The van der Waals surface area contributed by atoms with Crippen molar-refractivity contribution < 1.29 is 9.66 Å². The molecule has 84 valence electrons. The van der Waals surface area contributed by atoms with E-state index in [1.54, 1.807) is 12.3 Å². The first-order valence-electron chi connectivity index (χ1n) is 4.83. The third kappa shape index (κ3) is 1.95. The summed E-state index contributed by atoms with van der Waals surface area (Å²) in [6.07, 6.45) is 2.12. The number of rotatable bonds is 4. The second-order valence-corrected chi connectivity index (χ2v) is 3.37. The van der Waals surface area contributed by atoms with Crippen LogP contribution in [0.2, 0.25) is 0 Å². The van der Waals surface area contributed by atoms with Gasteiger partial charge in [-0.1, -0.05) is 0 Å². The second kappa shape index (κ2) is 4.18. The van der Waals surface area contributed by atoms with E-state index in [0.29, 0.717) is 12.3 Å². The van der Waals surface area contributed by atoms with Crippen molar-refractivity contribution in [3.8, 4) is 5.88 Å². The molecule has 0 saturated carbocycles. The molecule has 6 nitrogen and oxygen atoms in total. The highest BCUT2D eigenvalue weighted by molar-refractivity contribution is 5.79. The van der Waals surface area contributed by atoms with E-state index in [1.165, 1.54) is 7.11 Å². The van der Waals surface area contributed by atoms with Gasteiger partial charge >= 0.3 is 0 Å². The van der Waals surface area contributed by atoms with Crippen LogP contribution >= 0.6 is 0 Å². The van der Waals surface area contributed by atoms with E-state index in [-0.39, 0.29) is 11.5 Å². The van der Waals surface area contributed by atoms with Crippen LogP contribution in [0.3, 0.4) is 0 Å². The zero-order valence-electron chi connectivity index (χ0n) is 8.77. The van der Waals surface area contributed by atoms with Crippen molar-refractivity contribution in [1.29, 1.82) is 0 Å². The lowest BCUT2D eigenvalue weighted by Gasteiger charge is -1.99. The minimum atomic E-state index is -0.334. The third-order valence-electron chi connectivity index (χ3n) is 2.35. The summed E-state index contributed by atoms with van der Waals surface area (Å²) in [5.41, 5.74) is 2.44. The van der Waals surface area contributed by atoms with E-state index in [0.717, 1.165) is 16.6 Å². The van der Waals surface area contributed by atoms with Crippen LogP contribution < -0.4 is 4.74 Å². The largest absolute Gasteiger partial charge is 0.481 e. The van der Waals surface area contributed by atoms with Gasteiger partial charge in [-0.05, 0) is 6.07 Å². The fourth-order valence-corrected chi connectivity index (χ4v) is 1.55. The SMILES string of the molecule is COc1ccc2[nH]cc(CC[N+](=O)[O-])c2n1. The molecule has 0 amide bonds. The predicted molar refractivity (Wildman–Crippen MR) is 58.2 cm³/mol. The average Bonchev–Trinajstić information content (AvgIpc) is 2.68. The molecule has 2 rings (SSSR count). The molecule has 2 heterocycles. The number of hydrogen-bond donors (Lipinski definition) is 1. The summed E-state index contributed by atoms with van der Waals surface area (Å²) in [6.45, 7) is -0.0914. The Morgan fingerprint density at radius 1 is 1.56 bits per heavy atom. The van der Waals surface area contributed by atoms with E-state index < -0.39 is 0 Å². The molecule has 6 heteroatoms. The van der Waals surface area contributed by atoms with Gasteiger partial charge in [0, 0.05) is 29.2 Å². The van der Waals surface area contributed by atoms with Crippen molar-refractivity contribution in [2.75, 3.05) is 13.7 Å². The van der Waals surface area contributed by atoms with Crippen molar-refractivity contribution in [1.82, 2.24) is 9.97 Å². The van der Waals surface area contributed by atoms with Gasteiger partial charge < -0.3 is 9.72 Å². The van der Waals surface area contributed by atoms with Crippen molar-refractivity contribution in [3.05, 3.63) is 34.0 Å². The normalized spacial score (nSPS) is 10.6. The summed E-state index contributed by atoms with van der Waals surface area (Å²) in [6, 6.07) is 3.59. The maximum Gasteiger partial charge on any atom is 0.213 e. The van der Waals surface area contributed by atoms with Crippen molar-refractivity contribution in [2.24, 2.45) is 0 Å². The summed E-state index contributed by atoms with van der Waals surface area (Å²) in [5, 5.41) is 10.3. The predicted octanol–water partition coefficient (Wildman–Crippen LogP) is 1.39. The number of hydrogen-bond acceptors (Lipinski definition) is 4. The lowest BCUT2D eigenvalue weighted by Crippen LogP contribution is -2.03. The maximum absolute atomic E-state index is 10.3. The number of nitro groups is 1. The molecule has 0 unspecified atom stereocenters. The van der Waals surface area contributed by atoms with Gasteiger partial charge in [-0.3, -0.25) is 10.1 Å². The molecule has 1 N–H and O–H groups in total. The zero-order chi connectivity index (χ0) is 11.5. The molecule has 0 bridgehead atoms. The first-order valence-corrected chi connectivity index (χ1v) is 4.83. The van der Waals surface area contributed by atoms with E-state index in [4.69, 9.17) is 4.74 Å². The Morgan fingerprint density at radius 3 is 3.06 bits per heavy atom. The first kappa shape index (κ1) is 10.4. The number of fused-ring (bicyclic) bond motifs is 1. The molecular formula is C10H11N3O3. The number of aromatic nitrogens is 2. The Balaban J connectivity index is 2.34. The number of pyridine rings is 1. The number of methoxy groups -OCH3 is 1. The maximum atomic E-state index is 10.3. The fraction of sp³-hybridized carbons (Fsp3) is 0.300. The fourth-order valence-electron chi connectivity index (χ4n) is 1.55. The Kier molecular flexibility index (Phi) is 2.72. The van der Waals surface area contributed by atoms with Crippen LogP contribution in [-0.4, -0.2) is 28.5 Å². The highest BCUT2D eigenvalue weighted by Crippen LogP contribution is 2.19. The molecule has 0 aliphatic heterocycles. The molecule has 0 radical (unpaired) electrons. The molecule has 0 aliphatic carbocycles. The highest BCUT2D eigenvalue weighted by Gasteiger charge is 2.08. The monoisotopic (exact) mass is 221 g/mol. The lowest BCUT2D eigenvalue weighted by atomic mass is 10.2. The summed E-state index contributed by atoms with van der Waals surface area (Å²) >= 11 is 0. The van der Waals surface area contributed by atoms with Gasteiger partial charge in [-0.25, -0.2) is 4.98 Å². The minimum Gasteiger partial charge on any atom is -0.481 e. The first-order chi connectivity index (χ1) is 7.70. The van der Waals surface area contributed by atoms with E-state index in [2.05, 4.69) is 9.97 Å². The lowest BCUT2D eigenvalue weighted by molar-refractivity contribution is -0.479. The van der Waals surface area contributed by atoms with Crippen LogP contribution in [0.5, 0.6) is 5.88 Å². The van der Waals surface area contributed by atoms with Gasteiger partial charge in [0.15, 0.2) is 0 Å². The van der Waals surface area contributed by atoms with Crippen molar-refractivity contribution in [2.45, 2.75) is 6.42 Å². The topological polar surface area (TPSA) is 81.0 Å². The molecule has 0 spiro atoms. The second-order valence-electron chi connectivity index (χ2n) is 3.37. The highest BCUT2D eigenvalue weighted by atomic mass is 16.6. The smallest absolute Gasteiger partial charge is 0.213 e. The summed E-state index contributed by atoms with van der Waals surface area (Å²) in [5.74, 6) is 0.509. The van der Waals surface area contributed by atoms with Gasteiger partial charge in [0.25, 0.3) is 0 Å². The average molecular weight is 221 g/mol. The van der Waals surface area contributed by atoms with Crippen molar-refractivity contribution in [3.63, 3.8) is 0 Å². The van der Waals surface area contributed by atoms with Crippen LogP contribution in [0, 0.1) is 10.1 Å². The van der Waals surface area contributed by atoms with E-state index >= 15 is 0 Å². The summed E-state index contributed by atoms with van der Waals surface area (Å²) in [7, 11) is 1.54. The molecular weight excluding hydrogens is 210 g/mol. The van der Waals surface area contributed by atoms with Gasteiger partial charge in [-0.2, -0.15) is 0 Å². The third-order valence-corrected chi connectivity index (χ3v) is 2.35. The Bertz CT molecular complexity index is 521. The number of ether oxygens (including phenoxy) is 1. The Morgan fingerprint density at radius 2 is 2.38 bits per heavy atom. The minimum absolute atomic E-state index is 0.0914. The zero-order valence-corrected chi connectivity index (χ0v) is 8.77. The number of nitrogens with one attached hydrogen (secondary N) is 1. The van der Waals surface area contributed by atoms with Gasteiger partial charge in [-0.15, -0.1) is 0 Å². The standard InChI is InChI=1S/C10H11N3O3/c1-16-9-3-2-8-10(12-9)7(6-11-8)4-5-13(14)15/h2-3,6,11H,4-5H2,1H3. The quantitative estimate of drug-likeness (QED) is 0.624. The van der Waals surface area contributed by atoms with Crippen LogP contribution in [0.4, 0.5) is 0 Å². The molecule has 0 saturated heterocycles. The van der Waals surface area contributed by atoms with E-state index in [9.17, 15) is 10.1 Å². The van der Waals surface area contributed by atoms with E-state index in [1.807, 2.05) is 6.07 Å². The molecule has 0 fully saturated rings. The van der Waals surface area contributed by atoms with Crippen LogP contribution in [0.25, 0.3) is 11.0 Å². The number of H-pyrrole nitrogens is 1. The summed E-state index contributed by atoms with van der Waals surface area (Å²) < 4.78 is 5.01. The molecule has 16 heavy (non-hydrogen) atoms. The molecule has 2 aromatic rings. The molecule has 2 aromatic heterocycles. The summed E-state index contributed by atoms with van der Waals surface area (Å²) in [4.78, 5) is 17.2.